The molecule has 0 N–H and O–H groups in total. The lowest BCUT2D eigenvalue weighted by molar-refractivity contribution is 0.101. The summed E-state index contributed by atoms with van der Waals surface area (Å²) in [5.41, 5.74) is 0.436. The third-order valence-electron chi connectivity index (χ3n) is 1.57. The van der Waals surface area contributed by atoms with Gasteiger partial charge >= 0.3 is 0 Å². The lowest BCUT2D eigenvalue weighted by Gasteiger charge is -2.02. The van der Waals surface area contributed by atoms with Gasteiger partial charge in [0.1, 0.15) is 12.1 Å². The molecule has 0 aliphatic rings. The molecule has 1 rings (SSSR count). The van der Waals surface area contributed by atoms with Crippen LogP contribution in [0.25, 0.3) is 0 Å². The second-order valence-corrected chi connectivity index (χ2v) is 3.62. The largest absolute Gasteiger partial charge is 0.298 e. The van der Waals surface area contributed by atoms with Gasteiger partial charge in [-0.1, -0.05) is 0 Å². The molecular formula is C9H6FIO2. The second kappa shape index (κ2) is 3.95. The van der Waals surface area contributed by atoms with Gasteiger partial charge in [0.25, 0.3) is 0 Å². The number of halogens is 2. The maximum Gasteiger partial charge on any atom is 0.160 e. The summed E-state index contributed by atoms with van der Waals surface area (Å²) in [7, 11) is 0. The molecule has 0 heterocycles. The fraction of sp³-hybridized carbons (Fsp3) is 0.111. The maximum absolute atomic E-state index is 13.1. The van der Waals surface area contributed by atoms with E-state index in [0.29, 0.717) is 6.29 Å². The van der Waals surface area contributed by atoms with Crippen molar-refractivity contribution in [3.63, 3.8) is 0 Å². The van der Waals surface area contributed by atoms with Gasteiger partial charge in [-0.2, -0.15) is 0 Å². The zero-order valence-electron chi connectivity index (χ0n) is 6.80. The van der Waals surface area contributed by atoms with Crippen LogP contribution in [0.4, 0.5) is 4.39 Å². The van der Waals surface area contributed by atoms with Gasteiger partial charge in [-0.05, 0) is 41.6 Å². The number of ketones is 1. The average molecular weight is 292 g/mol. The standard InChI is InChI=1S/C9H6FIO2/c1-5(13)7-2-6(4-12)3-8(10)9(7)11/h2-4H,1H3. The van der Waals surface area contributed by atoms with E-state index < -0.39 is 5.82 Å². The number of hydrogen-bond donors (Lipinski definition) is 0. The zero-order chi connectivity index (χ0) is 10.0. The predicted molar refractivity (Wildman–Crippen MR) is 54.5 cm³/mol. The fourth-order valence-electron chi connectivity index (χ4n) is 0.934. The molecule has 0 amide bonds. The molecule has 0 unspecified atom stereocenters. The molecular weight excluding hydrogens is 286 g/mol. The molecule has 4 heteroatoms. The first-order valence-corrected chi connectivity index (χ1v) is 4.59. The SMILES string of the molecule is CC(=O)c1cc(C=O)cc(F)c1I. The monoisotopic (exact) mass is 292 g/mol. The number of carbonyl (C=O) groups is 2. The van der Waals surface area contributed by atoms with Crippen LogP contribution >= 0.6 is 22.6 Å². The quantitative estimate of drug-likeness (QED) is 0.476. The Morgan fingerprint density at radius 2 is 2.15 bits per heavy atom. The van der Waals surface area contributed by atoms with Crippen LogP contribution in [0.15, 0.2) is 12.1 Å². The number of aldehydes is 1. The van der Waals surface area contributed by atoms with E-state index in [1.807, 2.05) is 0 Å². The van der Waals surface area contributed by atoms with Gasteiger partial charge in [0.05, 0.1) is 3.57 Å². The van der Waals surface area contributed by atoms with Crippen LogP contribution in [0.5, 0.6) is 0 Å². The summed E-state index contributed by atoms with van der Waals surface area (Å²) in [5.74, 6) is -0.776. The van der Waals surface area contributed by atoms with Crippen molar-refractivity contribution in [2.75, 3.05) is 0 Å². The molecule has 1 aromatic carbocycles. The van der Waals surface area contributed by atoms with Gasteiger partial charge in [-0.3, -0.25) is 9.59 Å². The minimum absolute atomic E-state index is 0.183. The smallest absolute Gasteiger partial charge is 0.160 e. The first-order valence-electron chi connectivity index (χ1n) is 3.51. The van der Waals surface area contributed by atoms with Crippen molar-refractivity contribution in [1.29, 1.82) is 0 Å². The van der Waals surface area contributed by atoms with E-state index in [1.54, 1.807) is 22.6 Å². The van der Waals surface area contributed by atoms with E-state index in [0.717, 1.165) is 6.07 Å². The Kier molecular flexibility index (Phi) is 3.13. The minimum Gasteiger partial charge on any atom is -0.298 e. The summed E-state index contributed by atoms with van der Waals surface area (Å²) < 4.78 is 13.3. The summed E-state index contributed by atoms with van der Waals surface area (Å²) in [5, 5.41) is 0. The van der Waals surface area contributed by atoms with Crippen LogP contribution < -0.4 is 0 Å². The van der Waals surface area contributed by atoms with Crippen LogP contribution in [0, 0.1) is 9.39 Å². The van der Waals surface area contributed by atoms with E-state index in [2.05, 4.69) is 0 Å². The Hall–Kier alpha value is -0.780. The van der Waals surface area contributed by atoms with Gasteiger partial charge in [-0.25, -0.2) is 4.39 Å². The van der Waals surface area contributed by atoms with Crippen molar-refractivity contribution in [3.05, 3.63) is 32.6 Å². The number of Topliss-reactive ketones (excluding diaryl/α,β-unsaturated/α-hetero) is 1. The van der Waals surface area contributed by atoms with E-state index in [1.165, 1.54) is 13.0 Å². The van der Waals surface area contributed by atoms with E-state index in [4.69, 9.17) is 0 Å². The van der Waals surface area contributed by atoms with Gasteiger partial charge in [0, 0.05) is 11.1 Å². The molecule has 0 spiro atoms. The van der Waals surface area contributed by atoms with Gasteiger partial charge in [-0.15, -0.1) is 0 Å². The first kappa shape index (κ1) is 10.3. The van der Waals surface area contributed by atoms with E-state index in [9.17, 15) is 14.0 Å². The van der Waals surface area contributed by atoms with Crippen LogP contribution in [0.1, 0.15) is 27.6 Å². The lowest BCUT2D eigenvalue weighted by Crippen LogP contribution is -2.00. The third-order valence-corrected chi connectivity index (χ3v) is 2.66. The first-order chi connectivity index (χ1) is 6.06. The molecule has 0 aliphatic heterocycles. The highest BCUT2D eigenvalue weighted by Gasteiger charge is 2.11. The highest BCUT2D eigenvalue weighted by Crippen LogP contribution is 2.18. The average Bonchev–Trinajstić information content (AvgIpc) is 2.09. The Balaban J connectivity index is 3.41. The van der Waals surface area contributed by atoms with Crippen molar-refractivity contribution in [3.8, 4) is 0 Å². The summed E-state index contributed by atoms with van der Waals surface area (Å²) in [6.07, 6.45) is 0.519. The number of rotatable bonds is 2. The molecule has 1 aromatic rings. The molecule has 0 atom stereocenters. The number of carbonyl (C=O) groups excluding carboxylic acids is 2. The second-order valence-electron chi connectivity index (χ2n) is 2.54. The van der Waals surface area contributed by atoms with Gasteiger partial charge in [0.15, 0.2) is 5.78 Å². The molecule has 68 valence electrons. The minimum atomic E-state index is -0.532. The number of hydrogen-bond acceptors (Lipinski definition) is 2. The van der Waals surface area contributed by atoms with Crippen molar-refractivity contribution in [1.82, 2.24) is 0 Å². The van der Waals surface area contributed by atoms with Crippen LogP contribution in [0.2, 0.25) is 0 Å². The van der Waals surface area contributed by atoms with Crippen LogP contribution in [0.3, 0.4) is 0 Å². The molecule has 13 heavy (non-hydrogen) atoms. The maximum atomic E-state index is 13.1. The fourth-order valence-corrected chi connectivity index (χ4v) is 1.63. The van der Waals surface area contributed by atoms with Crippen molar-refractivity contribution in [2.24, 2.45) is 0 Å². The summed E-state index contributed by atoms with van der Waals surface area (Å²) in [6.45, 7) is 1.34. The number of benzene rings is 1. The molecule has 0 saturated heterocycles. The van der Waals surface area contributed by atoms with Gasteiger partial charge in [0.2, 0.25) is 0 Å². The van der Waals surface area contributed by atoms with Crippen molar-refractivity contribution < 1.29 is 14.0 Å². The molecule has 0 fully saturated rings. The van der Waals surface area contributed by atoms with Crippen LogP contribution in [-0.2, 0) is 0 Å². The zero-order valence-corrected chi connectivity index (χ0v) is 8.96. The van der Waals surface area contributed by atoms with Crippen molar-refractivity contribution in [2.45, 2.75) is 6.92 Å². The van der Waals surface area contributed by atoms with Crippen LogP contribution in [-0.4, -0.2) is 12.1 Å². The molecule has 0 bridgehead atoms. The molecule has 0 saturated carbocycles. The summed E-state index contributed by atoms with van der Waals surface area (Å²) in [4.78, 5) is 21.4. The lowest BCUT2D eigenvalue weighted by atomic mass is 10.1. The Morgan fingerprint density at radius 3 is 2.62 bits per heavy atom. The topological polar surface area (TPSA) is 34.1 Å². The van der Waals surface area contributed by atoms with Gasteiger partial charge < -0.3 is 0 Å². The third kappa shape index (κ3) is 2.12. The highest BCUT2D eigenvalue weighted by molar-refractivity contribution is 14.1. The highest BCUT2D eigenvalue weighted by atomic mass is 127. The normalized spacial score (nSPS) is 9.77. The molecule has 0 aromatic heterocycles. The Labute approximate surface area is 88.3 Å². The molecule has 0 radical (unpaired) electrons. The van der Waals surface area contributed by atoms with E-state index >= 15 is 0 Å². The Bertz CT molecular complexity index is 374. The van der Waals surface area contributed by atoms with E-state index in [-0.39, 0.29) is 20.5 Å². The van der Waals surface area contributed by atoms with Crippen molar-refractivity contribution >= 4 is 34.7 Å². The predicted octanol–water partition coefficient (Wildman–Crippen LogP) is 2.45. The summed E-state index contributed by atoms with van der Waals surface area (Å²) in [6, 6.07) is 2.50. The Morgan fingerprint density at radius 1 is 1.54 bits per heavy atom. The molecule has 2 nitrogen and oxygen atoms in total. The molecule has 0 aliphatic carbocycles. The summed E-state index contributed by atoms with van der Waals surface area (Å²) >= 11 is 1.74.